The lowest BCUT2D eigenvalue weighted by Gasteiger charge is -2.29. The Kier molecular flexibility index (Phi) is 7.99. The minimum Gasteiger partial charge on any atom is -0.474 e. The van der Waals surface area contributed by atoms with Crippen LogP contribution in [0.4, 0.5) is 14.7 Å². The van der Waals surface area contributed by atoms with Crippen LogP contribution in [0.15, 0.2) is 54.9 Å². The second-order valence-electron chi connectivity index (χ2n) is 10.2. The SMILES string of the molecule is O=C(NCc1ccncc1)C1CCC(Oc2cc(-n3c(C(F)F)nc4ccccc43)nc(N3CCOCC3)n2)CC1. The van der Waals surface area contributed by atoms with Crippen LogP contribution in [0.1, 0.15) is 43.5 Å². The molecule has 4 heterocycles. The molecule has 1 amide bonds. The van der Waals surface area contributed by atoms with E-state index < -0.39 is 6.43 Å². The molecule has 2 fully saturated rings. The minimum atomic E-state index is -2.80. The zero-order chi connectivity index (χ0) is 28.2. The molecule has 0 bridgehead atoms. The van der Waals surface area contributed by atoms with E-state index in [0.717, 1.165) is 5.56 Å². The molecule has 1 N–H and O–H groups in total. The van der Waals surface area contributed by atoms with Crippen LogP contribution < -0.4 is 15.0 Å². The van der Waals surface area contributed by atoms with Gasteiger partial charge in [-0.15, -0.1) is 0 Å². The number of aromatic nitrogens is 5. The Bertz CT molecular complexity index is 1490. The molecule has 1 saturated heterocycles. The summed E-state index contributed by atoms with van der Waals surface area (Å²) in [5.74, 6) is 0.521. The van der Waals surface area contributed by atoms with Gasteiger partial charge in [-0.2, -0.15) is 9.97 Å². The van der Waals surface area contributed by atoms with E-state index in [0.29, 0.717) is 81.4 Å². The molecule has 0 radical (unpaired) electrons. The molecule has 2 aliphatic rings. The van der Waals surface area contributed by atoms with E-state index >= 15 is 0 Å². The summed E-state index contributed by atoms with van der Waals surface area (Å²) in [5.41, 5.74) is 1.98. The summed E-state index contributed by atoms with van der Waals surface area (Å²) < 4.78 is 41.4. The minimum absolute atomic E-state index is 0.0331. The van der Waals surface area contributed by atoms with Crippen molar-refractivity contribution in [2.24, 2.45) is 5.92 Å². The predicted molar refractivity (Wildman–Crippen MR) is 147 cm³/mol. The monoisotopic (exact) mass is 563 g/mol. The van der Waals surface area contributed by atoms with E-state index in [1.54, 1.807) is 42.7 Å². The Hall–Kier alpha value is -4.19. The number of morpholine rings is 1. The number of halogens is 2. The van der Waals surface area contributed by atoms with Gasteiger partial charge in [-0.1, -0.05) is 12.1 Å². The van der Waals surface area contributed by atoms with E-state index in [9.17, 15) is 13.6 Å². The van der Waals surface area contributed by atoms with Gasteiger partial charge in [0.2, 0.25) is 17.7 Å². The van der Waals surface area contributed by atoms with Gasteiger partial charge in [0.05, 0.1) is 24.2 Å². The number of anilines is 1. The number of benzene rings is 1. The fraction of sp³-hybridized carbons (Fsp3) is 0.414. The van der Waals surface area contributed by atoms with Gasteiger partial charge < -0.3 is 19.7 Å². The van der Waals surface area contributed by atoms with Crippen molar-refractivity contribution in [2.75, 3.05) is 31.2 Å². The highest BCUT2D eigenvalue weighted by Crippen LogP contribution is 2.32. The van der Waals surface area contributed by atoms with Crippen molar-refractivity contribution in [3.8, 4) is 11.7 Å². The lowest BCUT2D eigenvalue weighted by molar-refractivity contribution is -0.126. The first-order valence-electron chi connectivity index (χ1n) is 13.9. The van der Waals surface area contributed by atoms with Crippen LogP contribution in [0, 0.1) is 5.92 Å². The van der Waals surface area contributed by atoms with Crippen LogP contribution in [-0.2, 0) is 16.1 Å². The summed E-state index contributed by atoms with van der Waals surface area (Å²) >= 11 is 0. The molecule has 0 atom stereocenters. The van der Waals surface area contributed by atoms with E-state index in [1.807, 2.05) is 17.0 Å². The van der Waals surface area contributed by atoms with Crippen molar-refractivity contribution in [3.05, 3.63) is 66.2 Å². The van der Waals surface area contributed by atoms with Gasteiger partial charge in [0.25, 0.3) is 6.43 Å². The fourth-order valence-corrected chi connectivity index (χ4v) is 5.36. The molecule has 6 rings (SSSR count). The zero-order valence-electron chi connectivity index (χ0n) is 22.5. The Labute approximate surface area is 235 Å². The van der Waals surface area contributed by atoms with Gasteiger partial charge in [-0.25, -0.2) is 13.8 Å². The lowest BCUT2D eigenvalue weighted by atomic mass is 9.86. The Morgan fingerprint density at radius 2 is 1.78 bits per heavy atom. The highest BCUT2D eigenvalue weighted by atomic mass is 19.3. The molecule has 3 aromatic heterocycles. The number of hydrogen-bond donors (Lipinski definition) is 1. The number of para-hydroxylation sites is 2. The van der Waals surface area contributed by atoms with Crippen LogP contribution in [-0.4, -0.2) is 62.8 Å². The smallest absolute Gasteiger partial charge is 0.296 e. The molecule has 0 spiro atoms. The largest absolute Gasteiger partial charge is 0.474 e. The van der Waals surface area contributed by atoms with Crippen molar-refractivity contribution < 1.29 is 23.0 Å². The summed E-state index contributed by atoms with van der Waals surface area (Å²) in [5, 5.41) is 3.02. The first kappa shape index (κ1) is 27.0. The third-order valence-corrected chi connectivity index (χ3v) is 7.53. The highest BCUT2D eigenvalue weighted by molar-refractivity contribution is 5.79. The number of fused-ring (bicyclic) bond motifs is 1. The topological polar surface area (TPSA) is 107 Å². The number of ether oxygens (including phenoxy) is 2. The van der Waals surface area contributed by atoms with Crippen LogP contribution in [0.2, 0.25) is 0 Å². The van der Waals surface area contributed by atoms with Gasteiger partial charge >= 0.3 is 0 Å². The van der Waals surface area contributed by atoms with Crippen LogP contribution in [0.25, 0.3) is 16.9 Å². The first-order chi connectivity index (χ1) is 20.0. The van der Waals surface area contributed by atoms with E-state index in [1.165, 1.54) is 4.57 Å². The molecule has 41 heavy (non-hydrogen) atoms. The number of hydrogen-bond acceptors (Lipinski definition) is 8. The molecule has 1 aromatic carbocycles. The zero-order valence-corrected chi connectivity index (χ0v) is 22.5. The van der Waals surface area contributed by atoms with Crippen molar-refractivity contribution in [1.82, 2.24) is 29.8 Å². The first-order valence-corrected chi connectivity index (χ1v) is 13.9. The van der Waals surface area contributed by atoms with Gasteiger partial charge in [0.1, 0.15) is 11.9 Å². The quantitative estimate of drug-likeness (QED) is 0.339. The number of nitrogens with zero attached hydrogens (tertiary/aromatic N) is 6. The summed E-state index contributed by atoms with van der Waals surface area (Å²) in [6.45, 7) is 2.67. The number of imidazole rings is 1. The molecule has 1 aliphatic heterocycles. The number of carbonyl (C=O) groups excluding carboxylic acids is 1. The Morgan fingerprint density at radius 1 is 1.02 bits per heavy atom. The molecular formula is C29H31F2N7O3. The van der Waals surface area contributed by atoms with Crippen molar-refractivity contribution in [2.45, 2.75) is 44.8 Å². The van der Waals surface area contributed by atoms with Crippen LogP contribution >= 0.6 is 0 Å². The molecule has 214 valence electrons. The molecule has 10 nitrogen and oxygen atoms in total. The summed E-state index contributed by atoms with van der Waals surface area (Å²) in [6, 6.07) is 12.3. The highest BCUT2D eigenvalue weighted by Gasteiger charge is 2.29. The number of pyridine rings is 1. The third-order valence-electron chi connectivity index (χ3n) is 7.53. The van der Waals surface area contributed by atoms with Gasteiger partial charge in [-0.3, -0.25) is 14.3 Å². The maximum absolute atomic E-state index is 14.1. The van der Waals surface area contributed by atoms with Gasteiger partial charge in [0, 0.05) is 44.0 Å². The van der Waals surface area contributed by atoms with E-state index in [4.69, 9.17) is 9.47 Å². The molecule has 4 aromatic rings. The molecule has 1 aliphatic carbocycles. The molecule has 1 saturated carbocycles. The van der Waals surface area contributed by atoms with Crippen LogP contribution in [0.3, 0.4) is 0 Å². The molecular weight excluding hydrogens is 532 g/mol. The van der Waals surface area contributed by atoms with E-state index in [2.05, 4.69) is 25.3 Å². The standard InChI is InChI=1S/C29H31F2N7O3/c30-26(31)27-34-22-3-1-2-4-23(22)38(27)24-17-25(36-29(35-24)37-13-15-40-16-14-37)41-21-7-5-20(6-8-21)28(39)33-18-19-9-11-32-12-10-19/h1-4,9-12,17,20-21,26H,5-8,13-16,18H2,(H,33,39). The number of carbonyl (C=O) groups is 1. The number of rotatable bonds is 8. The Morgan fingerprint density at radius 3 is 2.54 bits per heavy atom. The van der Waals surface area contributed by atoms with E-state index in [-0.39, 0.29) is 29.6 Å². The van der Waals surface area contributed by atoms with Crippen molar-refractivity contribution in [3.63, 3.8) is 0 Å². The van der Waals surface area contributed by atoms with Gasteiger partial charge in [-0.05, 0) is 55.5 Å². The number of amides is 1. The number of nitrogens with one attached hydrogen (secondary N) is 1. The summed E-state index contributed by atoms with van der Waals surface area (Å²) in [7, 11) is 0. The molecule has 0 unspecified atom stereocenters. The van der Waals surface area contributed by atoms with Gasteiger partial charge in [0.15, 0.2) is 5.82 Å². The fourth-order valence-electron chi connectivity index (χ4n) is 5.36. The second-order valence-corrected chi connectivity index (χ2v) is 10.2. The van der Waals surface area contributed by atoms with Crippen molar-refractivity contribution in [1.29, 1.82) is 0 Å². The maximum Gasteiger partial charge on any atom is 0.296 e. The molecule has 12 heteroatoms. The Balaban J connectivity index is 1.21. The van der Waals surface area contributed by atoms with Crippen LogP contribution in [0.5, 0.6) is 5.88 Å². The summed E-state index contributed by atoms with van der Waals surface area (Å²) in [4.78, 5) is 32.2. The predicted octanol–water partition coefficient (Wildman–Crippen LogP) is 4.24. The average Bonchev–Trinajstić information content (AvgIpc) is 3.41. The number of alkyl halides is 2. The summed E-state index contributed by atoms with van der Waals surface area (Å²) in [6.07, 6.45) is 3.17. The van der Waals surface area contributed by atoms with Crippen molar-refractivity contribution >= 4 is 22.9 Å². The maximum atomic E-state index is 14.1. The normalized spacial score (nSPS) is 19.4. The second kappa shape index (κ2) is 12.1. The third kappa shape index (κ3) is 6.12. The lowest BCUT2D eigenvalue weighted by Crippen LogP contribution is -2.37. The average molecular weight is 564 g/mol.